The molecule has 3 saturated heterocycles. The average molecular weight is 1020 g/mol. The second-order valence-electron chi connectivity index (χ2n) is 20.7. The lowest BCUT2D eigenvalue weighted by atomic mass is 9.85. The van der Waals surface area contributed by atoms with Gasteiger partial charge in [0.15, 0.2) is 11.6 Å². The number of anilines is 3. The lowest BCUT2D eigenvalue weighted by Crippen LogP contribution is -2.57. The molecule has 0 saturated carbocycles. The number of nitrogens with two attached hydrogens (primary N) is 1. The number of phenols is 1. The number of thiazole rings is 1. The highest BCUT2D eigenvalue weighted by molar-refractivity contribution is 7.13. The third kappa shape index (κ3) is 13.1. The number of aliphatic hydroxyl groups excluding tert-OH is 1. The Morgan fingerprint density at radius 3 is 2.30 bits per heavy atom. The minimum Gasteiger partial charge on any atom is -0.507 e. The number of benzene rings is 3. The van der Waals surface area contributed by atoms with E-state index in [9.17, 15) is 29.4 Å². The van der Waals surface area contributed by atoms with Gasteiger partial charge in [0.25, 0.3) is 0 Å². The first-order valence-corrected chi connectivity index (χ1v) is 26.4. The van der Waals surface area contributed by atoms with Crippen LogP contribution in [0.5, 0.6) is 11.5 Å². The van der Waals surface area contributed by atoms with Crippen molar-refractivity contribution in [3.8, 4) is 33.2 Å². The molecule has 3 fully saturated rings. The molecule has 6 N–H and O–H groups in total. The van der Waals surface area contributed by atoms with Gasteiger partial charge in [0.2, 0.25) is 23.6 Å². The molecule has 5 unspecified atom stereocenters. The predicted molar refractivity (Wildman–Crippen MR) is 284 cm³/mol. The number of aromatic hydroxyl groups is 1. The second-order valence-corrected chi connectivity index (χ2v) is 21.5. The molecule has 0 aliphatic carbocycles. The van der Waals surface area contributed by atoms with Crippen molar-refractivity contribution in [1.29, 1.82) is 0 Å². The number of piperidine rings is 1. The fourth-order valence-corrected chi connectivity index (χ4v) is 10.8. The molecule has 73 heavy (non-hydrogen) atoms. The van der Waals surface area contributed by atoms with E-state index in [1.807, 2.05) is 75.4 Å². The summed E-state index contributed by atoms with van der Waals surface area (Å²) in [5.74, 6) is -0.178. The third-order valence-corrected chi connectivity index (χ3v) is 15.2. The first-order chi connectivity index (χ1) is 35.0. The first-order valence-electron chi connectivity index (χ1n) is 25.6. The van der Waals surface area contributed by atoms with Gasteiger partial charge in [0.1, 0.15) is 29.6 Å². The molecule has 4 amide bonds. The van der Waals surface area contributed by atoms with E-state index in [2.05, 4.69) is 59.9 Å². The molecule has 0 spiro atoms. The standard InChI is InChI=1S/C55H70N10O7S/c1-35(37-20-22-38(23-21-37)50-36(2)57-34-73-50)58-53(70)45-30-41(66)32-65(45)54(71)51(55(3,4)5)59-48(68)18-7-6-8-19-49(69)63-27-25-62(26-28-63)39-13-11-14-40(29-39)64-24-12-15-42(33-64)72-47-31-44(60-61-52(47)56)43-16-9-10-17-46(43)67/h9-11,13-14,16-17,20-23,29,31,34-35,41-42,45,51,66-67H,6-8,12,15,18-19,24-28,30,32-33H2,1-5H3,(H2,56,61)(H,58,70)(H,59,68). The fraction of sp³-hybridized carbons (Fsp3) is 0.473. The number of amides is 4. The zero-order chi connectivity index (χ0) is 51.8. The number of likely N-dealkylation sites (tertiary alicyclic amines) is 1. The minimum absolute atomic E-state index is 0.00169. The van der Waals surface area contributed by atoms with Gasteiger partial charge < -0.3 is 50.9 Å². The van der Waals surface area contributed by atoms with Gasteiger partial charge in [0.05, 0.1) is 34.8 Å². The molecule has 17 nitrogen and oxygen atoms in total. The quantitative estimate of drug-likeness (QED) is 0.0601. The molecule has 5 atom stereocenters. The van der Waals surface area contributed by atoms with Crippen LogP contribution in [0.1, 0.15) is 96.4 Å². The van der Waals surface area contributed by atoms with E-state index in [-0.39, 0.29) is 60.8 Å². The molecule has 0 radical (unpaired) electrons. The van der Waals surface area contributed by atoms with E-state index in [1.54, 1.807) is 35.6 Å². The summed E-state index contributed by atoms with van der Waals surface area (Å²) in [4.78, 5) is 68.0. The normalized spacial score (nSPS) is 19.1. The molecule has 5 heterocycles. The van der Waals surface area contributed by atoms with Crippen LogP contribution in [-0.2, 0) is 19.2 Å². The molecular weight excluding hydrogens is 945 g/mol. The van der Waals surface area contributed by atoms with Crippen LogP contribution in [0.15, 0.2) is 84.4 Å². The maximum atomic E-state index is 14.2. The number of nitrogen functional groups attached to an aromatic ring is 1. The highest BCUT2D eigenvalue weighted by Crippen LogP contribution is 2.34. The molecule has 3 aliphatic heterocycles. The van der Waals surface area contributed by atoms with E-state index >= 15 is 0 Å². The van der Waals surface area contributed by atoms with Crippen molar-refractivity contribution < 1.29 is 34.1 Å². The highest BCUT2D eigenvalue weighted by Gasteiger charge is 2.44. The van der Waals surface area contributed by atoms with Gasteiger partial charge in [0, 0.05) is 81.5 Å². The van der Waals surface area contributed by atoms with Gasteiger partial charge in [-0.25, -0.2) is 4.98 Å². The van der Waals surface area contributed by atoms with Gasteiger partial charge in [-0.3, -0.25) is 19.2 Å². The number of rotatable bonds is 17. The lowest BCUT2D eigenvalue weighted by Gasteiger charge is -2.38. The molecule has 3 aliphatic rings. The van der Waals surface area contributed by atoms with E-state index in [1.165, 1.54) is 4.90 Å². The zero-order valence-electron chi connectivity index (χ0n) is 42.6. The van der Waals surface area contributed by atoms with Crippen LogP contribution in [0, 0.1) is 12.3 Å². The van der Waals surface area contributed by atoms with Crippen LogP contribution in [0.4, 0.5) is 17.2 Å². The SMILES string of the molecule is Cc1ncsc1-c1ccc(C(C)NC(=O)C2CC(O)CN2C(=O)C(NC(=O)CCCCCC(=O)N2CCN(c3cccc(N4CCCC(Oc5cc(-c6ccccc6O)nnc5N)C4)c3)CC2)C(C)(C)C)cc1. The summed E-state index contributed by atoms with van der Waals surface area (Å²) in [5, 5.41) is 35.3. The van der Waals surface area contributed by atoms with Gasteiger partial charge in [-0.15, -0.1) is 21.5 Å². The van der Waals surface area contributed by atoms with Crippen molar-refractivity contribution in [2.45, 2.75) is 116 Å². The van der Waals surface area contributed by atoms with Gasteiger partial charge >= 0.3 is 0 Å². The number of β-amino-alcohol motifs (C(OH)–C–C–N with tert-alkyl or cyclic N) is 1. The Morgan fingerprint density at radius 2 is 1.59 bits per heavy atom. The molecule has 8 rings (SSSR count). The number of ether oxygens (including phenoxy) is 1. The Morgan fingerprint density at radius 1 is 0.863 bits per heavy atom. The number of nitrogens with one attached hydrogen (secondary N) is 2. The summed E-state index contributed by atoms with van der Waals surface area (Å²) in [6.07, 6.45) is 3.39. The van der Waals surface area contributed by atoms with Crippen LogP contribution in [0.3, 0.4) is 0 Å². The molecule has 3 aromatic carbocycles. The number of carbonyl (C=O) groups is 4. The lowest BCUT2D eigenvalue weighted by molar-refractivity contribution is -0.144. The number of aromatic nitrogens is 3. The van der Waals surface area contributed by atoms with Crippen molar-refractivity contribution in [3.63, 3.8) is 0 Å². The maximum Gasteiger partial charge on any atom is 0.246 e. The number of aryl methyl sites for hydroxylation is 1. The largest absolute Gasteiger partial charge is 0.507 e. The summed E-state index contributed by atoms with van der Waals surface area (Å²) in [5.41, 5.74) is 13.5. The van der Waals surface area contributed by atoms with Crippen LogP contribution in [-0.4, -0.2) is 129 Å². The average Bonchev–Trinajstić information content (AvgIpc) is 4.01. The Bertz CT molecular complexity index is 2720. The molecular formula is C55H70N10O7S. The monoisotopic (exact) mass is 1010 g/mol. The van der Waals surface area contributed by atoms with Crippen molar-refractivity contribution in [3.05, 3.63) is 95.6 Å². The van der Waals surface area contributed by atoms with Gasteiger partial charge in [-0.1, -0.05) is 69.7 Å². The highest BCUT2D eigenvalue weighted by atomic mass is 32.1. The number of hydrogen-bond acceptors (Lipinski definition) is 14. The third-order valence-electron chi connectivity index (χ3n) is 14.2. The fourth-order valence-electron chi connectivity index (χ4n) is 9.99. The predicted octanol–water partition coefficient (Wildman–Crippen LogP) is 6.88. The maximum absolute atomic E-state index is 14.2. The van der Waals surface area contributed by atoms with Crippen LogP contribution in [0.2, 0.25) is 0 Å². The summed E-state index contributed by atoms with van der Waals surface area (Å²) in [6, 6.07) is 23.0. The number of carbonyl (C=O) groups excluding carboxylic acids is 4. The van der Waals surface area contributed by atoms with E-state index in [0.717, 1.165) is 52.5 Å². The number of piperazine rings is 1. The van der Waals surface area contributed by atoms with Crippen molar-refractivity contribution in [2.75, 3.05) is 61.3 Å². The van der Waals surface area contributed by atoms with Crippen molar-refractivity contribution >= 4 is 52.2 Å². The topological polar surface area (TPSA) is 220 Å². The molecule has 388 valence electrons. The van der Waals surface area contributed by atoms with Gasteiger partial charge in [-0.2, -0.15) is 0 Å². The van der Waals surface area contributed by atoms with Crippen LogP contribution < -0.4 is 30.9 Å². The van der Waals surface area contributed by atoms with Crippen LogP contribution >= 0.6 is 11.3 Å². The molecule has 18 heteroatoms. The number of hydrogen-bond donors (Lipinski definition) is 5. The van der Waals surface area contributed by atoms with E-state index < -0.39 is 29.5 Å². The van der Waals surface area contributed by atoms with Gasteiger partial charge in [-0.05, 0) is 86.4 Å². The summed E-state index contributed by atoms with van der Waals surface area (Å²) < 4.78 is 6.41. The minimum atomic E-state index is -0.913. The molecule has 0 bridgehead atoms. The second kappa shape index (κ2) is 23.4. The van der Waals surface area contributed by atoms with Crippen molar-refractivity contribution in [1.82, 2.24) is 35.6 Å². The summed E-state index contributed by atoms with van der Waals surface area (Å²) in [6.45, 7) is 13.7. The Kier molecular flexibility index (Phi) is 16.8. The number of unbranched alkanes of at least 4 members (excludes halogenated alkanes) is 2. The van der Waals surface area contributed by atoms with E-state index in [4.69, 9.17) is 10.5 Å². The number of aliphatic hydroxyl groups is 1. The number of para-hydroxylation sites is 1. The smallest absolute Gasteiger partial charge is 0.246 e. The number of nitrogens with zero attached hydrogens (tertiary/aromatic N) is 7. The number of phenolic OH excluding ortho intramolecular Hbond substituents is 1. The summed E-state index contributed by atoms with van der Waals surface area (Å²) >= 11 is 1.58. The van der Waals surface area contributed by atoms with Crippen LogP contribution in [0.25, 0.3) is 21.7 Å². The molecule has 2 aromatic heterocycles. The molecule has 5 aromatic rings. The van der Waals surface area contributed by atoms with E-state index in [0.29, 0.717) is 75.4 Å². The Labute approximate surface area is 432 Å². The summed E-state index contributed by atoms with van der Waals surface area (Å²) in [7, 11) is 0. The Hall–Kier alpha value is -6.79. The zero-order valence-corrected chi connectivity index (χ0v) is 43.4. The first kappa shape index (κ1) is 52.5. The Balaban J connectivity index is 0.756. The van der Waals surface area contributed by atoms with Crippen molar-refractivity contribution in [2.24, 2.45) is 5.41 Å².